The van der Waals surface area contributed by atoms with Crippen molar-refractivity contribution in [2.75, 3.05) is 19.6 Å². The molecule has 2 heterocycles. The van der Waals surface area contributed by atoms with E-state index < -0.39 is 0 Å². The highest BCUT2D eigenvalue weighted by molar-refractivity contribution is 7.11. The summed E-state index contributed by atoms with van der Waals surface area (Å²) in [6, 6.07) is 0.692. The molecule has 0 aromatic carbocycles. The maximum Gasteiger partial charge on any atom is 0.0897 e. The highest BCUT2D eigenvalue weighted by atomic mass is 32.1. The number of aryl methyl sites for hydroxylation is 1. The van der Waals surface area contributed by atoms with E-state index in [1.54, 1.807) is 0 Å². The first-order valence-corrected chi connectivity index (χ1v) is 7.46. The van der Waals surface area contributed by atoms with E-state index in [1.165, 1.54) is 42.2 Å². The third-order valence-electron chi connectivity index (χ3n) is 3.24. The number of hydrogen-bond donors (Lipinski definition) is 1. The van der Waals surface area contributed by atoms with Crippen LogP contribution in [0.4, 0.5) is 0 Å². The number of piperidine rings is 1. The van der Waals surface area contributed by atoms with Crippen molar-refractivity contribution in [3.63, 3.8) is 0 Å². The van der Waals surface area contributed by atoms with Crippen LogP contribution in [0.5, 0.6) is 0 Å². The van der Waals surface area contributed by atoms with Crippen molar-refractivity contribution in [3.8, 4) is 0 Å². The number of aromatic nitrogens is 1. The molecule has 96 valence electrons. The highest BCUT2D eigenvalue weighted by Crippen LogP contribution is 2.17. The largest absolute Gasteiger partial charge is 0.313 e. The van der Waals surface area contributed by atoms with Crippen molar-refractivity contribution in [1.29, 1.82) is 0 Å². The fourth-order valence-corrected chi connectivity index (χ4v) is 3.25. The molecule has 0 aliphatic carbocycles. The van der Waals surface area contributed by atoms with Crippen molar-refractivity contribution in [2.24, 2.45) is 0 Å². The second-order valence-corrected chi connectivity index (χ2v) is 6.19. The van der Waals surface area contributed by atoms with Gasteiger partial charge in [-0.3, -0.25) is 4.90 Å². The Morgan fingerprint density at radius 1 is 1.59 bits per heavy atom. The molecular weight excluding hydrogens is 230 g/mol. The summed E-state index contributed by atoms with van der Waals surface area (Å²) >= 11 is 1.83. The Hall–Kier alpha value is -0.450. The molecule has 2 rings (SSSR count). The maximum absolute atomic E-state index is 4.33. The molecule has 0 bridgehead atoms. The lowest BCUT2D eigenvalue weighted by atomic mass is 10.1. The average molecular weight is 253 g/mol. The van der Waals surface area contributed by atoms with Crippen LogP contribution >= 0.6 is 11.3 Å². The summed E-state index contributed by atoms with van der Waals surface area (Å²) in [4.78, 5) is 8.29. The Morgan fingerprint density at radius 3 is 3.18 bits per heavy atom. The van der Waals surface area contributed by atoms with Gasteiger partial charge in [0.25, 0.3) is 0 Å². The van der Waals surface area contributed by atoms with Crippen LogP contribution in [-0.4, -0.2) is 35.6 Å². The molecule has 1 unspecified atom stereocenters. The monoisotopic (exact) mass is 253 g/mol. The summed E-state index contributed by atoms with van der Waals surface area (Å²) < 4.78 is 0. The molecule has 1 aliphatic heterocycles. The lowest BCUT2D eigenvalue weighted by molar-refractivity contribution is 0.185. The van der Waals surface area contributed by atoms with Crippen molar-refractivity contribution in [2.45, 2.75) is 45.7 Å². The fraction of sp³-hybridized carbons (Fsp3) is 0.769. The summed E-state index contributed by atoms with van der Waals surface area (Å²) in [5, 5.41) is 4.82. The van der Waals surface area contributed by atoms with E-state index in [0.29, 0.717) is 6.04 Å². The predicted molar refractivity (Wildman–Crippen MR) is 73.4 cm³/mol. The lowest BCUT2D eigenvalue weighted by Crippen LogP contribution is -2.45. The van der Waals surface area contributed by atoms with Crippen molar-refractivity contribution >= 4 is 11.3 Å². The Balaban J connectivity index is 1.80. The quantitative estimate of drug-likeness (QED) is 0.873. The Kier molecular flexibility index (Phi) is 4.95. The molecule has 1 N–H and O–H groups in total. The molecule has 4 heteroatoms. The van der Waals surface area contributed by atoms with Gasteiger partial charge in [-0.1, -0.05) is 6.92 Å². The molecule has 17 heavy (non-hydrogen) atoms. The molecule has 0 radical (unpaired) electrons. The van der Waals surface area contributed by atoms with Crippen molar-refractivity contribution in [1.82, 2.24) is 15.2 Å². The summed E-state index contributed by atoms with van der Waals surface area (Å²) in [5.41, 5.74) is 0. The van der Waals surface area contributed by atoms with Gasteiger partial charge in [-0.25, -0.2) is 4.98 Å². The standard InChI is InChI=1S/C13H23N3S/c1-3-6-14-12-5-4-7-16(9-12)10-13-8-15-11(2)17-13/h8,12,14H,3-7,9-10H2,1-2H3. The minimum Gasteiger partial charge on any atom is -0.313 e. The van der Waals surface area contributed by atoms with E-state index >= 15 is 0 Å². The molecule has 1 saturated heterocycles. The van der Waals surface area contributed by atoms with Gasteiger partial charge >= 0.3 is 0 Å². The van der Waals surface area contributed by atoms with E-state index in [0.717, 1.165) is 13.1 Å². The zero-order valence-corrected chi connectivity index (χ0v) is 11.7. The average Bonchev–Trinajstić information content (AvgIpc) is 2.73. The SMILES string of the molecule is CCCNC1CCCN(Cc2cnc(C)s2)C1. The van der Waals surface area contributed by atoms with E-state index in [1.807, 2.05) is 17.5 Å². The number of nitrogens with one attached hydrogen (secondary N) is 1. The third kappa shape index (κ3) is 4.05. The molecule has 1 aromatic heterocycles. The summed E-state index contributed by atoms with van der Waals surface area (Å²) in [7, 11) is 0. The number of hydrogen-bond acceptors (Lipinski definition) is 4. The Labute approximate surface area is 108 Å². The number of thiazole rings is 1. The molecule has 0 amide bonds. The van der Waals surface area contributed by atoms with Crippen LogP contribution in [0.25, 0.3) is 0 Å². The van der Waals surface area contributed by atoms with Crippen LogP contribution in [0.15, 0.2) is 6.20 Å². The van der Waals surface area contributed by atoms with Gasteiger partial charge in [0.05, 0.1) is 5.01 Å². The van der Waals surface area contributed by atoms with Gasteiger partial charge in [-0.05, 0) is 39.3 Å². The van der Waals surface area contributed by atoms with Crippen LogP contribution < -0.4 is 5.32 Å². The Morgan fingerprint density at radius 2 is 2.47 bits per heavy atom. The van der Waals surface area contributed by atoms with Crippen LogP contribution in [0.3, 0.4) is 0 Å². The minimum atomic E-state index is 0.692. The highest BCUT2D eigenvalue weighted by Gasteiger charge is 2.19. The molecule has 1 fully saturated rings. The van der Waals surface area contributed by atoms with Crippen LogP contribution in [0.2, 0.25) is 0 Å². The van der Waals surface area contributed by atoms with Crippen LogP contribution in [-0.2, 0) is 6.54 Å². The van der Waals surface area contributed by atoms with Gasteiger partial charge in [-0.15, -0.1) is 11.3 Å². The zero-order valence-electron chi connectivity index (χ0n) is 10.9. The first-order chi connectivity index (χ1) is 8.28. The molecule has 3 nitrogen and oxygen atoms in total. The third-order valence-corrected chi connectivity index (χ3v) is 4.13. The summed E-state index contributed by atoms with van der Waals surface area (Å²) in [6.45, 7) is 8.97. The van der Waals surface area contributed by atoms with Crippen LogP contribution in [0, 0.1) is 6.92 Å². The fourth-order valence-electron chi connectivity index (χ4n) is 2.41. The summed E-state index contributed by atoms with van der Waals surface area (Å²) in [6.07, 6.45) is 5.91. The first-order valence-electron chi connectivity index (χ1n) is 6.65. The van der Waals surface area contributed by atoms with Gasteiger partial charge in [-0.2, -0.15) is 0 Å². The van der Waals surface area contributed by atoms with Gasteiger partial charge in [0, 0.05) is 30.2 Å². The molecule has 1 aliphatic rings. The van der Waals surface area contributed by atoms with E-state index in [4.69, 9.17) is 0 Å². The number of nitrogens with zero attached hydrogens (tertiary/aromatic N) is 2. The number of rotatable bonds is 5. The van der Waals surface area contributed by atoms with Gasteiger partial charge < -0.3 is 5.32 Å². The number of likely N-dealkylation sites (tertiary alicyclic amines) is 1. The molecule has 0 spiro atoms. The van der Waals surface area contributed by atoms with Crippen molar-refractivity contribution < 1.29 is 0 Å². The van der Waals surface area contributed by atoms with Gasteiger partial charge in [0.2, 0.25) is 0 Å². The lowest BCUT2D eigenvalue weighted by Gasteiger charge is -2.32. The smallest absolute Gasteiger partial charge is 0.0897 e. The minimum absolute atomic E-state index is 0.692. The van der Waals surface area contributed by atoms with Gasteiger partial charge in [0.1, 0.15) is 0 Å². The van der Waals surface area contributed by atoms with E-state index in [-0.39, 0.29) is 0 Å². The maximum atomic E-state index is 4.33. The van der Waals surface area contributed by atoms with Crippen molar-refractivity contribution in [3.05, 3.63) is 16.1 Å². The molecule has 1 atom stereocenters. The summed E-state index contributed by atoms with van der Waals surface area (Å²) in [5.74, 6) is 0. The van der Waals surface area contributed by atoms with E-state index in [9.17, 15) is 0 Å². The first kappa shape index (κ1) is 13.0. The Bertz CT molecular complexity index is 337. The molecular formula is C13H23N3S. The van der Waals surface area contributed by atoms with Gasteiger partial charge in [0.15, 0.2) is 0 Å². The zero-order chi connectivity index (χ0) is 12.1. The van der Waals surface area contributed by atoms with Crippen LogP contribution in [0.1, 0.15) is 36.1 Å². The molecule has 1 aromatic rings. The van der Waals surface area contributed by atoms with E-state index in [2.05, 4.69) is 29.0 Å². The second-order valence-electron chi connectivity index (χ2n) is 4.87. The second kappa shape index (κ2) is 6.47. The predicted octanol–water partition coefficient (Wildman–Crippen LogP) is 2.42. The molecule has 0 saturated carbocycles. The normalized spacial score (nSPS) is 21.9. The topological polar surface area (TPSA) is 28.2 Å².